The molecule has 0 fully saturated rings. The van der Waals surface area contributed by atoms with Crippen LogP contribution in [0.1, 0.15) is 29.8 Å². The standard InChI is InChI=1S/C17H20F2N4/c1-11-5-4-8-21-16(11)10-22-17(20-3)23-12(2)14-7-6-13(18)9-15(14)19/h4-9,12H,10H2,1-3H3,(H2,20,22,23). The van der Waals surface area contributed by atoms with E-state index in [9.17, 15) is 8.78 Å². The molecule has 2 rings (SSSR count). The summed E-state index contributed by atoms with van der Waals surface area (Å²) in [6.45, 7) is 4.27. The molecule has 0 bridgehead atoms. The molecular weight excluding hydrogens is 298 g/mol. The Balaban J connectivity index is 2.00. The normalized spacial score (nSPS) is 12.8. The quantitative estimate of drug-likeness (QED) is 0.673. The molecule has 0 spiro atoms. The largest absolute Gasteiger partial charge is 0.351 e. The lowest BCUT2D eigenvalue weighted by atomic mass is 10.1. The Morgan fingerprint density at radius 1 is 1.30 bits per heavy atom. The molecule has 6 heteroatoms. The van der Waals surface area contributed by atoms with E-state index in [1.165, 1.54) is 12.1 Å². The summed E-state index contributed by atoms with van der Waals surface area (Å²) in [4.78, 5) is 8.41. The molecule has 1 atom stereocenters. The van der Waals surface area contributed by atoms with Gasteiger partial charge in [0, 0.05) is 24.9 Å². The molecule has 0 radical (unpaired) electrons. The molecule has 1 aromatic carbocycles. The first kappa shape index (κ1) is 16.9. The van der Waals surface area contributed by atoms with Gasteiger partial charge in [0.1, 0.15) is 11.6 Å². The van der Waals surface area contributed by atoms with Gasteiger partial charge in [0.15, 0.2) is 5.96 Å². The van der Waals surface area contributed by atoms with E-state index in [4.69, 9.17) is 0 Å². The molecule has 0 amide bonds. The zero-order valence-corrected chi connectivity index (χ0v) is 13.4. The molecule has 2 N–H and O–H groups in total. The number of aryl methyl sites for hydroxylation is 1. The minimum Gasteiger partial charge on any atom is -0.351 e. The molecule has 4 nitrogen and oxygen atoms in total. The molecule has 0 aliphatic carbocycles. The van der Waals surface area contributed by atoms with Crippen LogP contribution in [-0.2, 0) is 6.54 Å². The maximum absolute atomic E-state index is 13.8. The van der Waals surface area contributed by atoms with Crippen molar-refractivity contribution in [2.75, 3.05) is 7.05 Å². The third kappa shape index (κ3) is 4.48. The van der Waals surface area contributed by atoms with Gasteiger partial charge in [-0.1, -0.05) is 12.1 Å². The number of guanidine groups is 1. The van der Waals surface area contributed by atoms with Crippen LogP contribution in [0.2, 0.25) is 0 Å². The van der Waals surface area contributed by atoms with Crippen molar-refractivity contribution in [1.29, 1.82) is 0 Å². The molecule has 1 heterocycles. The highest BCUT2D eigenvalue weighted by Gasteiger charge is 2.13. The molecular formula is C17H20F2N4. The van der Waals surface area contributed by atoms with E-state index in [2.05, 4.69) is 20.6 Å². The fourth-order valence-corrected chi connectivity index (χ4v) is 2.20. The SMILES string of the molecule is CN=C(NCc1ncccc1C)NC(C)c1ccc(F)cc1F. The van der Waals surface area contributed by atoms with Crippen LogP contribution in [-0.4, -0.2) is 18.0 Å². The maximum Gasteiger partial charge on any atom is 0.191 e. The van der Waals surface area contributed by atoms with Crippen LogP contribution < -0.4 is 10.6 Å². The zero-order valence-electron chi connectivity index (χ0n) is 13.4. The Morgan fingerprint density at radius 2 is 2.09 bits per heavy atom. The third-order valence-electron chi connectivity index (χ3n) is 3.55. The molecule has 0 saturated carbocycles. The van der Waals surface area contributed by atoms with E-state index in [0.29, 0.717) is 18.1 Å². The van der Waals surface area contributed by atoms with E-state index in [0.717, 1.165) is 17.3 Å². The predicted molar refractivity (Wildman–Crippen MR) is 87.1 cm³/mol. The van der Waals surface area contributed by atoms with Gasteiger partial charge in [-0.15, -0.1) is 0 Å². The molecule has 2 aromatic rings. The number of nitrogens with zero attached hydrogens (tertiary/aromatic N) is 2. The van der Waals surface area contributed by atoms with Crippen molar-refractivity contribution >= 4 is 5.96 Å². The van der Waals surface area contributed by atoms with Crippen LogP contribution >= 0.6 is 0 Å². The Hall–Kier alpha value is -2.50. The number of rotatable bonds is 4. The minimum atomic E-state index is -0.591. The van der Waals surface area contributed by atoms with Crippen molar-refractivity contribution in [2.45, 2.75) is 26.4 Å². The fraction of sp³-hybridized carbons (Fsp3) is 0.294. The van der Waals surface area contributed by atoms with E-state index >= 15 is 0 Å². The van der Waals surface area contributed by atoms with Crippen LogP contribution in [0, 0.1) is 18.6 Å². The lowest BCUT2D eigenvalue weighted by Gasteiger charge is -2.19. The summed E-state index contributed by atoms with van der Waals surface area (Å²) in [6, 6.07) is 7.05. The van der Waals surface area contributed by atoms with Crippen LogP contribution in [0.3, 0.4) is 0 Å². The summed E-state index contributed by atoms with van der Waals surface area (Å²) < 4.78 is 26.8. The molecule has 0 saturated heterocycles. The second-order valence-corrected chi connectivity index (χ2v) is 5.22. The van der Waals surface area contributed by atoms with Gasteiger partial charge in [-0.25, -0.2) is 8.78 Å². The van der Waals surface area contributed by atoms with Gasteiger partial charge < -0.3 is 10.6 Å². The minimum absolute atomic E-state index is 0.355. The number of benzene rings is 1. The average Bonchev–Trinajstić information content (AvgIpc) is 2.52. The van der Waals surface area contributed by atoms with Crippen molar-refractivity contribution in [1.82, 2.24) is 15.6 Å². The van der Waals surface area contributed by atoms with E-state index in [1.807, 2.05) is 19.1 Å². The van der Waals surface area contributed by atoms with Gasteiger partial charge >= 0.3 is 0 Å². The third-order valence-corrected chi connectivity index (χ3v) is 3.55. The van der Waals surface area contributed by atoms with Gasteiger partial charge in [0.05, 0.1) is 18.3 Å². The second-order valence-electron chi connectivity index (χ2n) is 5.22. The van der Waals surface area contributed by atoms with Crippen molar-refractivity contribution in [3.05, 3.63) is 65.0 Å². The molecule has 1 unspecified atom stereocenters. The predicted octanol–water partition coefficient (Wildman–Crippen LogP) is 3.09. The summed E-state index contributed by atoms with van der Waals surface area (Å²) in [5.74, 6) is -0.654. The number of hydrogen-bond donors (Lipinski definition) is 2. The van der Waals surface area contributed by atoms with Crippen LogP contribution in [0.5, 0.6) is 0 Å². The Bertz CT molecular complexity index is 701. The van der Waals surface area contributed by atoms with Crippen molar-refractivity contribution in [2.24, 2.45) is 4.99 Å². The average molecular weight is 318 g/mol. The first-order chi connectivity index (χ1) is 11.0. The van der Waals surface area contributed by atoms with Gasteiger partial charge in [0.25, 0.3) is 0 Å². The van der Waals surface area contributed by atoms with Crippen molar-refractivity contribution in [3.63, 3.8) is 0 Å². The molecule has 0 aliphatic heterocycles. The van der Waals surface area contributed by atoms with Crippen LogP contribution in [0.25, 0.3) is 0 Å². The summed E-state index contributed by atoms with van der Waals surface area (Å²) in [5, 5.41) is 6.22. The zero-order chi connectivity index (χ0) is 16.8. The summed E-state index contributed by atoms with van der Waals surface area (Å²) in [6.07, 6.45) is 1.73. The van der Waals surface area contributed by atoms with Crippen LogP contribution in [0.15, 0.2) is 41.5 Å². The van der Waals surface area contributed by atoms with Gasteiger partial charge in [-0.2, -0.15) is 0 Å². The number of pyridine rings is 1. The summed E-state index contributed by atoms with van der Waals surface area (Å²) in [7, 11) is 1.63. The lowest BCUT2D eigenvalue weighted by Crippen LogP contribution is -2.38. The molecule has 0 aliphatic rings. The first-order valence-electron chi connectivity index (χ1n) is 7.34. The van der Waals surface area contributed by atoms with Gasteiger partial charge in [-0.05, 0) is 31.5 Å². The molecule has 122 valence electrons. The van der Waals surface area contributed by atoms with E-state index in [1.54, 1.807) is 20.2 Å². The van der Waals surface area contributed by atoms with E-state index in [-0.39, 0.29) is 6.04 Å². The Morgan fingerprint density at radius 3 is 2.74 bits per heavy atom. The topological polar surface area (TPSA) is 49.3 Å². The number of nitrogens with one attached hydrogen (secondary N) is 2. The first-order valence-corrected chi connectivity index (χ1v) is 7.34. The smallest absolute Gasteiger partial charge is 0.191 e. The number of halogens is 2. The lowest BCUT2D eigenvalue weighted by molar-refractivity contribution is 0.550. The fourth-order valence-electron chi connectivity index (χ4n) is 2.20. The Kier molecular flexibility index (Phi) is 5.62. The van der Waals surface area contributed by atoms with Crippen molar-refractivity contribution < 1.29 is 8.78 Å². The number of hydrogen-bond acceptors (Lipinski definition) is 2. The summed E-state index contributed by atoms with van der Waals surface area (Å²) >= 11 is 0. The Labute approximate surface area is 134 Å². The summed E-state index contributed by atoms with van der Waals surface area (Å²) in [5.41, 5.74) is 2.37. The van der Waals surface area contributed by atoms with Gasteiger partial charge in [-0.3, -0.25) is 9.98 Å². The second kappa shape index (κ2) is 7.67. The number of aliphatic imine (C=N–C) groups is 1. The molecule has 1 aromatic heterocycles. The van der Waals surface area contributed by atoms with Gasteiger partial charge in [0.2, 0.25) is 0 Å². The highest BCUT2D eigenvalue weighted by Crippen LogP contribution is 2.17. The van der Waals surface area contributed by atoms with Crippen LogP contribution in [0.4, 0.5) is 8.78 Å². The maximum atomic E-state index is 13.8. The molecule has 23 heavy (non-hydrogen) atoms. The van der Waals surface area contributed by atoms with Crippen molar-refractivity contribution in [3.8, 4) is 0 Å². The number of aromatic nitrogens is 1. The highest BCUT2D eigenvalue weighted by atomic mass is 19.1. The van der Waals surface area contributed by atoms with E-state index < -0.39 is 11.6 Å². The highest BCUT2D eigenvalue weighted by molar-refractivity contribution is 5.80. The monoisotopic (exact) mass is 318 g/mol.